The first-order valence-corrected chi connectivity index (χ1v) is 12.9. The van der Waals surface area contributed by atoms with Crippen LogP contribution in [0.15, 0.2) is 47.7 Å². The highest BCUT2D eigenvalue weighted by Gasteiger charge is 2.37. The van der Waals surface area contributed by atoms with Gasteiger partial charge in [-0.3, -0.25) is 23.9 Å². The number of carbonyl (C=O) groups is 2. The van der Waals surface area contributed by atoms with Gasteiger partial charge in [-0.05, 0) is 49.4 Å². The van der Waals surface area contributed by atoms with Crippen LogP contribution in [0, 0.1) is 5.92 Å². The Labute approximate surface area is 224 Å². The molecule has 0 atom stereocenters. The van der Waals surface area contributed by atoms with E-state index in [1.807, 2.05) is 31.4 Å². The first-order chi connectivity index (χ1) is 18.8. The second-order valence-electron chi connectivity index (χ2n) is 10.3. The molecule has 12 heteroatoms. The minimum absolute atomic E-state index is 0.00530. The van der Waals surface area contributed by atoms with Crippen molar-refractivity contribution in [2.75, 3.05) is 17.7 Å². The maximum atomic E-state index is 13.1. The van der Waals surface area contributed by atoms with Crippen molar-refractivity contribution in [3.05, 3.63) is 53.3 Å². The lowest BCUT2D eigenvalue weighted by atomic mass is 9.86. The quantitative estimate of drug-likeness (QED) is 0.333. The summed E-state index contributed by atoms with van der Waals surface area (Å²) in [6, 6.07) is 7.50. The van der Waals surface area contributed by atoms with Gasteiger partial charge in [-0.25, -0.2) is 14.6 Å². The lowest BCUT2D eigenvalue weighted by Gasteiger charge is -2.36. The van der Waals surface area contributed by atoms with Crippen LogP contribution in [0.4, 0.5) is 22.0 Å². The number of anilines is 3. The van der Waals surface area contributed by atoms with Crippen molar-refractivity contribution < 1.29 is 14.3 Å². The van der Waals surface area contributed by atoms with Crippen molar-refractivity contribution in [2.45, 2.75) is 37.8 Å². The maximum Gasteiger partial charge on any atom is 0.411 e. The summed E-state index contributed by atoms with van der Waals surface area (Å²) in [4.78, 5) is 41.7. The van der Waals surface area contributed by atoms with Crippen molar-refractivity contribution in [1.29, 1.82) is 0 Å². The van der Waals surface area contributed by atoms with Gasteiger partial charge in [0.1, 0.15) is 5.82 Å². The largest absolute Gasteiger partial charge is 0.453 e. The molecule has 2 fully saturated rings. The lowest BCUT2D eigenvalue weighted by molar-refractivity contribution is -0.123. The highest BCUT2D eigenvalue weighted by Crippen LogP contribution is 2.36. The number of hydrogen-bond acceptors (Lipinski definition) is 7. The number of amides is 2. The van der Waals surface area contributed by atoms with Gasteiger partial charge >= 0.3 is 11.8 Å². The number of nitrogens with zero attached hydrogens (tertiary/aromatic N) is 5. The fourth-order valence-electron chi connectivity index (χ4n) is 5.08. The third-order valence-corrected chi connectivity index (χ3v) is 7.42. The van der Waals surface area contributed by atoms with E-state index in [9.17, 15) is 14.4 Å². The van der Waals surface area contributed by atoms with Crippen LogP contribution < -0.4 is 21.6 Å². The number of nitrogens with one attached hydrogen (secondary N) is 3. The number of methoxy groups -OCH3 is 1. The Morgan fingerprint density at radius 2 is 1.77 bits per heavy atom. The number of aryl methyl sites for hydroxylation is 2. The second-order valence-corrected chi connectivity index (χ2v) is 10.3. The molecule has 12 nitrogen and oxygen atoms in total. The zero-order valence-electron chi connectivity index (χ0n) is 22.0. The molecule has 3 N–H and O–H groups in total. The van der Waals surface area contributed by atoms with Crippen molar-refractivity contribution in [3.63, 3.8) is 0 Å². The lowest BCUT2D eigenvalue weighted by Crippen LogP contribution is -2.47. The van der Waals surface area contributed by atoms with E-state index in [0.29, 0.717) is 17.2 Å². The van der Waals surface area contributed by atoms with E-state index in [-0.39, 0.29) is 29.6 Å². The van der Waals surface area contributed by atoms with Crippen LogP contribution in [0.25, 0.3) is 22.2 Å². The predicted octanol–water partition coefficient (Wildman–Crippen LogP) is 3.29. The molecule has 2 aliphatic rings. The van der Waals surface area contributed by atoms with E-state index >= 15 is 0 Å². The van der Waals surface area contributed by atoms with Crippen LogP contribution in [-0.2, 0) is 23.6 Å². The molecule has 202 valence electrons. The number of aromatic nitrogens is 5. The monoisotopic (exact) mass is 530 g/mol. The van der Waals surface area contributed by atoms with Gasteiger partial charge < -0.3 is 15.4 Å². The molecule has 3 aromatic heterocycles. The van der Waals surface area contributed by atoms with Crippen molar-refractivity contribution in [1.82, 2.24) is 29.2 Å². The van der Waals surface area contributed by atoms with E-state index in [4.69, 9.17) is 4.74 Å². The molecule has 0 radical (unpaired) electrons. The summed E-state index contributed by atoms with van der Waals surface area (Å²) < 4.78 is 9.87. The summed E-state index contributed by atoms with van der Waals surface area (Å²) in [5, 5.41) is 13.4. The zero-order chi connectivity index (χ0) is 27.3. The van der Waals surface area contributed by atoms with Gasteiger partial charge in [0.05, 0.1) is 30.5 Å². The Kier molecular flexibility index (Phi) is 6.09. The van der Waals surface area contributed by atoms with Crippen molar-refractivity contribution in [2.24, 2.45) is 20.0 Å². The van der Waals surface area contributed by atoms with Gasteiger partial charge in [-0.1, -0.05) is 0 Å². The number of ether oxygens (including phenoxy) is 1. The molecule has 1 aromatic carbocycles. The summed E-state index contributed by atoms with van der Waals surface area (Å²) in [7, 11) is 4.88. The third-order valence-electron chi connectivity index (χ3n) is 7.42. The molecule has 0 unspecified atom stereocenters. The standard InChI is InChI=1S/C27H30N8O4/c1-33-14-17(12-29-33)16-6-18(8-19(7-16)32-26(37)39-3)30-24-11-22-23(13-28-24)34(2)27(38)35(22)21-9-20(10-21)31-25(36)15-4-5-15/h6-8,11-15,20-21H,4-5,9-10H2,1-3H3,(H,28,30)(H,31,36)(H,32,37). The number of imidazole rings is 1. The Morgan fingerprint density at radius 3 is 2.46 bits per heavy atom. The molecule has 2 saturated carbocycles. The summed E-state index contributed by atoms with van der Waals surface area (Å²) in [5.41, 5.74) is 4.34. The fourth-order valence-corrected chi connectivity index (χ4v) is 5.08. The molecule has 0 bridgehead atoms. The molecule has 39 heavy (non-hydrogen) atoms. The average molecular weight is 531 g/mol. The van der Waals surface area contributed by atoms with Crippen LogP contribution in [-0.4, -0.2) is 49.1 Å². The smallest absolute Gasteiger partial charge is 0.411 e. The summed E-state index contributed by atoms with van der Waals surface area (Å²) >= 11 is 0. The minimum Gasteiger partial charge on any atom is -0.453 e. The van der Waals surface area contributed by atoms with Gasteiger partial charge in [0.25, 0.3) is 0 Å². The molecular formula is C27H30N8O4. The zero-order valence-corrected chi connectivity index (χ0v) is 22.0. The van der Waals surface area contributed by atoms with Crippen LogP contribution in [0.5, 0.6) is 0 Å². The summed E-state index contributed by atoms with van der Waals surface area (Å²) in [5.74, 6) is 0.852. The number of hydrogen-bond donors (Lipinski definition) is 3. The molecule has 2 amide bonds. The Balaban J connectivity index is 1.29. The Bertz CT molecular complexity index is 1640. The predicted molar refractivity (Wildman–Crippen MR) is 146 cm³/mol. The van der Waals surface area contributed by atoms with Crippen LogP contribution >= 0.6 is 0 Å². The second kappa shape index (κ2) is 9.61. The highest BCUT2D eigenvalue weighted by atomic mass is 16.5. The van der Waals surface area contributed by atoms with Crippen molar-refractivity contribution >= 4 is 40.2 Å². The molecule has 4 aromatic rings. The number of benzene rings is 1. The van der Waals surface area contributed by atoms with E-state index in [1.54, 1.807) is 39.3 Å². The number of rotatable bonds is 7. The molecule has 2 aliphatic carbocycles. The van der Waals surface area contributed by atoms with E-state index < -0.39 is 6.09 Å². The molecule has 3 heterocycles. The van der Waals surface area contributed by atoms with Gasteiger partial charge in [-0.2, -0.15) is 5.10 Å². The molecule has 6 rings (SSSR count). The topological polar surface area (TPSA) is 137 Å². The first-order valence-electron chi connectivity index (χ1n) is 12.9. The number of fused-ring (bicyclic) bond motifs is 1. The highest BCUT2D eigenvalue weighted by molar-refractivity contribution is 5.88. The molecule has 0 saturated heterocycles. The Hall–Kier alpha value is -4.61. The van der Waals surface area contributed by atoms with Gasteiger partial charge in [0.2, 0.25) is 5.91 Å². The fraction of sp³-hybridized carbons (Fsp3) is 0.370. The molecular weight excluding hydrogens is 500 g/mol. The minimum atomic E-state index is -0.579. The Morgan fingerprint density at radius 1 is 1.00 bits per heavy atom. The summed E-state index contributed by atoms with van der Waals surface area (Å²) in [6.07, 6.45) is 8.11. The molecule has 0 spiro atoms. The van der Waals surface area contributed by atoms with E-state index in [0.717, 1.165) is 47.8 Å². The van der Waals surface area contributed by atoms with Gasteiger partial charge in [0, 0.05) is 61.3 Å². The number of carbonyl (C=O) groups excluding carboxylic acids is 2. The SMILES string of the molecule is COC(=O)Nc1cc(Nc2cc3c(cn2)n(C)c(=O)n3C2CC(NC(=O)C3CC3)C2)cc(-c2cnn(C)c2)c1. The van der Waals surface area contributed by atoms with E-state index in [2.05, 4.69) is 26.0 Å². The van der Waals surface area contributed by atoms with Gasteiger partial charge in [-0.15, -0.1) is 0 Å². The average Bonchev–Trinajstić information content (AvgIpc) is 3.61. The number of pyridine rings is 1. The van der Waals surface area contributed by atoms with Crippen LogP contribution in [0.2, 0.25) is 0 Å². The summed E-state index contributed by atoms with van der Waals surface area (Å²) in [6.45, 7) is 0. The van der Waals surface area contributed by atoms with Crippen molar-refractivity contribution in [3.8, 4) is 11.1 Å². The maximum absolute atomic E-state index is 13.1. The van der Waals surface area contributed by atoms with Crippen LogP contribution in [0.1, 0.15) is 31.7 Å². The molecule has 0 aliphatic heterocycles. The first kappa shape index (κ1) is 24.7. The third kappa shape index (κ3) is 4.85. The normalized spacial score (nSPS) is 18.4. The van der Waals surface area contributed by atoms with Gasteiger partial charge in [0.15, 0.2) is 0 Å². The van der Waals surface area contributed by atoms with Crippen LogP contribution in [0.3, 0.4) is 0 Å². The van der Waals surface area contributed by atoms with E-state index in [1.165, 1.54) is 7.11 Å².